The topological polar surface area (TPSA) is 15.3 Å². The van der Waals surface area contributed by atoms with E-state index in [1.807, 2.05) is 0 Å². The summed E-state index contributed by atoms with van der Waals surface area (Å²) in [6.45, 7) is 6.68. The molecule has 1 N–H and O–H groups in total. The van der Waals surface area contributed by atoms with Crippen LogP contribution < -0.4 is 5.43 Å². The van der Waals surface area contributed by atoms with Gasteiger partial charge in [0, 0.05) is 13.1 Å². The molecular formula is C8H16N2S2. The maximum atomic E-state index is 4.86. The number of rotatable bonds is 1. The molecular weight excluding hydrogens is 188 g/mol. The molecule has 1 heterocycles. The Hall–Kier alpha value is 0.200. The van der Waals surface area contributed by atoms with Crippen molar-refractivity contribution in [2.75, 3.05) is 13.1 Å². The minimum absolute atomic E-state index is 0.407. The number of thiol groups is 1. The second-order valence-electron chi connectivity index (χ2n) is 4.11. The molecule has 0 radical (unpaired) electrons. The van der Waals surface area contributed by atoms with Crippen molar-refractivity contribution in [3.63, 3.8) is 0 Å². The van der Waals surface area contributed by atoms with Crippen LogP contribution in [0.2, 0.25) is 0 Å². The fourth-order valence-corrected chi connectivity index (χ4v) is 1.92. The van der Waals surface area contributed by atoms with Crippen molar-refractivity contribution < 1.29 is 0 Å². The normalized spacial score (nSPS) is 23.6. The molecule has 0 aliphatic carbocycles. The van der Waals surface area contributed by atoms with Gasteiger partial charge >= 0.3 is 0 Å². The summed E-state index contributed by atoms with van der Waals surface area (Å²) in [7, 11) is 0. The van der Waals surface area contributed by atoms with Crippen LogP contribution in [0.25, 0.3) is 0 Å². The van der Waals surface area contributed by atoms with Gasteiger partial charge in [-0.1, -0.05) is 26.1 Å². The van der Waals surface area contributed by atoms with E-state index in [4.69, 9.17) is 12.2 Å². The lowest BCUT2D eigenvalue weighted by atomic mass is 9.85. The van der Waals surface area contributed by atoms with Crippen LogP contribution in [0.1, 0.15) is 26.7 Å². The summed E-state index contributed by atoms with van der Waals surface area (Å²) >= 11 is 8.91. The Labute approximate surface area is 85.1 Å². The molecule has 1 fully saturated rings. The Kier molecular flexibility index (Phi) is 3.37. The van der Waals surface area contributed by atoms with E-state index in [2.05, 4.69) is 36.9 Å². The molecule has 1 saturated heterocycles. The lowest BCUT2D eigenvalue weighted by Gasteiger charge is -2.37. The summed E-state index contributed by atoms with van der Waals surface area (Å²) < 4.78 is 0.563. The zero-order chi connectivity index (χ0) is 9.19. The molecule has 0 bridgehead atoms. The first-order valence-corrected chi connectivity index (χ1v) is 5.10. The van der Waals surface area contributed by atoms with Gasteiger partial charge in [0.25, 0.3) is 0 Å². The van der Waals surface area contributed by atoms with E-state index in [-0.39, 0.29) is 0 Å². The molecule has 0 atom stereocenters. The van der Waals surface area contributed by atoms with Crippen LogP contribution >= 0.6 is 24.8 Å². The van der Waals surface area contributed by atoms with Crippen molar-refractivity contribution in [3.8, 4) is 0 Å². The molecule has 1 rings (SSSR count). The first-order chi connectivity index (χ1) is 5.49. The highest BCUT2D eigenvalue weighted by molar-refractivity contribution is 8.11. The van der Waals surface area contributed by atoms with Crippen molar-refractivity contribution in [1.82, 2.24) is 10.4 Å². The van der Waals surface area contributed by atoms with E-state index in [1.165, 1.54) is 12.8 Å². The fraction of sp³-hybridized carbons (Fsp3) is 0.875. The SMILES string of the molecule is CC1(C)CCCN(NC(=S)S)C1. The molecule has 0 saturated carbocycles. The molecule has 0 aromatic heterocycles. The third-order valence-corrected chi connectivity index (χ3v) is 2.35. The maximum absolute atomic E-state index is 4.86. The van der Waals surface area contributed by atoms with Crippen LogP contribution in [-0.4, -0.2) is 22.4 Å². The van der Waals surface area contributed by atoms with Gasteiger partial charge in [-0.25, -0.2) is 5.01 Å². The van der Waals surface area contributed by atoms with Gasteiger partial charge in [0.2, 0.25) is 0 Å². The number of hydrazine groups is 1. The van der Waals surface area contributed by atoms with Gasteiger partial charge in [-0.15, -0.1) is 12.6 Å². The summed E-state index contributed by atoms with van der Waals surface area (Å²) in [5.41, 5.74) is 3.47. The number of nitrogens with zero attached hydrogens (tertiary/aromatic N) is 1. The fourth-order valence-electron chi connectivity index (χ4n) is 1.65. The summed E-state index contributed by atoms with van der Waals surface area (Å²) in [4.78, 5) is 0. The summed E-state index contributed by atoms with van der Waals surface area (Å²) in [6, 6.07) is 0. The summed E-state index contributed by atoms with van der Waals surface area (Å²) in [5, 5.41) is 2.15. The first kappa shape index (κ1) is 10.3. The van der Waals surface area contributed by atoms with E-state index in [0.29, 0.717) is 9.74 Å². The van der Waals surface area contributed by atoms with E-state index >= 15 is 0 Å². The predicted octanol–water partition coefficient (Wildman–Crippen LogP) is 1.83. The van der Waals surface area contributed by atoms with Gasteiger partial charge in [-0.2, -0.15) is 0 Å². The Morgan fingerprint density at radius 3 is 2.75 bits per heavy atom. The molecule has 1 aliphatic heterocycles. The highest BCUT2D eigenvalue weighted by Gasteiger charge is 2.26. The minimum atomic E-state index is 0.407. The van der Waals surface area contributed by atoms with Crippen LogP contribution in [0.4, 0.5) is 0 Å². The van der Waals surface area contributed by atoms with Crippen molar-refractivity contribution in [2.45, 2.75) is 26.7 Å². The van der Waals surface area contributed by atoms with Crippen LogP contribution in [0.3, 0.4) is 0 Å². The zero-order valence-electron chi connectivity index (χ0n) is 7.63. The average Bonchev–Trinajstić information content (AvgIpc) is 1.82. The van der Waals surface area contributed by atoms with Crippen LogP contribution in [-0.2, 0) is 0 Å². The quantitative estimate of drug-likeness (QED) is 0.501. The molecule has 0 unspecified atom stereocenters. The summed E-state index contributed by atoms with van der Waals surface area (Å²) in [5.74, 6) is 0. The van der Waals surface area contributed by atoms with Gasteiger partial charge in [0.05, 0.1) is 0 Å². The lowest BCUT2D eigenvalue weighted by molar-refractivity contribution is 0.0966. The number of thiocarbonyl (C=S) groups is 1. The molecule has 2 nitrogen and oxygen atoms in total. The highest BCUT2D eigenvalue weighted by atomic mass is 32.1. The molecule has 0 spiro atoms. The standard InChI is InChI=1S/C8H16N2S2/c1-8(2)4-3-5-10(6-8)9-7(11)12/h3-6H2,1-2H3,(H2,9,11,12). The Morgan fingerprint density at radius 2 is 2.25 bits per heavy atom. The molecule has 0 aromatic rings. The molecule has 70 valence electrons. The van der Waals surface area contributed by atoms with Gasteiger partial charge < -0.3 is 5.43 Å². The van der Waals surface area contributed by atoms with E-state index in [9.17, 15) is 0 Å². The molecule has 0 aromatic carbocycles. The maximum Gasteiger partial charge on any atom is 0.145 e. The third kappa shape index (κ3) is 3.29. The largest absolute Gasteiger partial charge is 0.304 e. The van der Waals surface area contributed by atoms with Crippen molar-refractivity contribution in [3.05, 3.63) is 0 Å². The van der Waals surface area contributed by atoms with Crippen LogP contribution in [0.5, 0.6) is 0 Å². The minimum Gasteiger partial charge on any atom is -0.304 e. The van der Waals surface area contributed by atoms with Crippen molar-refractivity contribution in [2.24, 2.45) is 5.41 Å². The molecule has 4 heteroatoms. The number of hydrogen-bond acceptors (Lipinski definition) is 2. The van der Waals surface area contributed by atoms with Crippen LogP contribution in [0.15, 0.2) is 0 Å². The lowest BCUT2D eigenvalue weighted by Crippen LogP contribution is -2.48. The zero-order valence-corrected chi connectivity index (χ0v) is 9.34. The molecule has 12 heavy (non-hydrogen) atoms. The predicted molar refractivity (Wildman–Crippen MR) is 59.3 cm³/mol. The molecule has 0 amide bonds. The Morgan fingerprint density at radius 1 is 1.58 bits per heavy atom. The van der Waals surface area contributed by atoms with Crippen LogP contribution in [0, 0.1) is 5.41 Å². The average molecular weight is 204 g/mol. The number of nitrogens with one attached hydrogen (secondary N) is 1. The van der Waals surface area contributed by atoms with Crippen molar-refractivity contribution in [1.29, 1.82) is 0 Å². The number of hydrogen-bond donors (Lipinski definition) is 2. The number of piperidine rings is 1. The van der Waals surface area contributed by atoms with Gasteiger partial charge in [-0.05, 0) is 18.3 Å². The van der Waals surface area contributed by atoms with Gasteiger partial charge in [0.15, 0.2) is 0 Å². The van der Waals surface area contributed by atoms with Gasteiger partial charge in [-0.3, -0.25) is 0 Å². The Balaban J connectivity index is 2.41. The van der Waals surface area contributed by atoms with E-state index in [0.717, 1.165) is 13.1 Å². The van der Waals surface area contributed by atoms with E-state index in [1.54, 1.807) is 0 Å². The third-order valence-electron chi connectivity index (χ3n) is 2.15. The first-order valence-electron chi connectivity index (χ1n) is 4.24. The molecule has 1 aliphatic rings. The highest BCUT2D eigenvalue weighted by Crippen LogP contribution is 2.27. The smallest absolute Gasteiger partial charge is 0.145 e. The monoisotopic (exact) mass is 204 g/mol. The summed E-state index contributed by atoms with van der Waals surface area (Å²) in [6.07, 6.45) is 2.53. The van der Waals surface area contributed by atoms with Gasteiger partial charge in [0.1, 0.15) is 4.32 Å². The van der Waals surface area contributed by atoms with E-state index < -0.39 is 0 Å². The van der Waals surface area contributed by atoms with Crippen molar-refractivity contribution >= 4 is 29.2 Å². The second kappa shape index (κ2) is 3.94. The second-order valence-corrected chi connectivity index (χ2v) is 5.26. The Bertz CT molecular complexity index is 180.